The highest BCUT2D eigenvalue weighted by molar-refractivity contribution is 7.91. The minimum absolute atomic E-state index is 0.0923. The van der Waals surface area contributed by atoms with Crippen LogP contribution in [0.1, 0.15) is 15.9 Å². The Balaban J connectivity index is 1.46. The molecule has 3 aromatic heterocycles. The minimum Gasteiger partial charge on any atom is -0.481 e. The number of sulfone groups is 1. The van der Waals surface area contributed by atoms with Crippen molar-refractivity contribution in [3.63, 3.8) is 0 Å². The molecule has 0 aliphatic heterocycles. The maximum atomic E-state index is 12.7. The maximum Gasteiger partial charge on any atom is 0.254 e. The lowest BCUT2D eigenvalue weighted by molar-refractivity contribution is 0.0950. The van der Waals surface area contributed by atoms with E-state index in [-0.39, 0.29) is 28.3 Å². The monoisotopic (exact) mass is 423 g/mol. The van der Waals surface area contributed by atoms with Crippen molar-refractivity contribution < 1.29 is 17.9 Å². The molecule has 1 aromatic carbocycles. The third-order valence-electron chi connectivity index (χ3n) is 4.38. The molecule has 4 aromatic rings. The molecule has 0 radical (unpaired) electrons. The lowest BCUT2D eigenvalue weighted by Gasteiger charge is -2.08. The van der Waals surface area contributed by atoms with Crippen LogP contribution in [0.2, 0.25) is 0 Å². The average molecular weight is 423 g/mol. The third kappa shape index (κ3) is 3.85. The summed E-state index contributed by atoms with van der Waals surface area (Å²) in [6.45, 7) is 0.235. The van der Waals surface area contributed by atoms with Crippen molar-refractivity contribution in [3.05, 3.63) is 78.4 Å². The summed E-state index contributed by atoms with van der Waals surface area (Å²) in [7, 11) is -2.35. The van der Waals surface area contributed by atoms with E-state index in [9.17, 15) is 13.2 Å². The van der Waals surface area contributed by atoms with Crippen molar-refractivity contribution in [2.45, 2.75) is 16.5 Å². The van der Waals surface area contributed by atoms with E-state index in [2.05, 4.69) is 20.3 Å². The first-order valence-electron chi connectivity index (χ1n) is 8.89. The first-order valence-corrected chi connectivity index (χ1v) is 10.4. The summed E-state index contributed by atoms with van der Waals surface area (Å²) < 4.78 is 32.1. The number of amides is 1. The number of carbonyl (C=O) groups is 1. The number of nitrogens with zero attached hydrogens (tertiary/aromatic N) is 4. The Morgan fingerprint density at radius 3 is 2.70 bits per heavy atom. The number of aromatic nitrogens is 4. The fraction of sp³-hybridized carbons (Fsp3) is 0.100. The molecule has 9 nitrogen and oxygen atoms in total. The number of benzene rings is 1. The van der Waals surface area contributed by atoms with E-state index in [0.717, 1.165) is 5.56 Å². The number of pyridine rings is 1. The fourth-order valence-corrected chi connectivity index (χ4v) is 3.99. The fourth-order valence-electron chi connectivity index (χ4n) is 2.78. The summed E-state index contributed by atoms with van der Waals surface area (Å²) in [5.74, 6) is 0.433. The first-order chi connectivity index (χ1) is 14.5. The Morgan fingerprint density at radius 1 is 1.13 bits per heavy atom. The van der Waals surface area contributed by atoms with Gasteiger partial charge in [-0.05, 0) is 23.8 Å². The Bertz CT molecular complexity index is 1320. The highest BCUT2D eigenvalue weighted by Gasteiger charge is 2.19. The SMILES string of the molecule is COc1cccc(S(=O)(=O)c2ccc(CNC(=O)c3cnc4nccn4c3)cc2)n1. The van der Waals surface area contributed by atoms with E-state index < -0.39 is 9.84 Å². The predicted molar refractivity (Wildman–Crippen MR) is 107 cm³/mol. The molecule has 3 heterocycles. The zero-order chi connectivity index (χ0) is 21.1. The maximum absolute atomic E-state index is 12.7. The Kier molecular flexibility index (Phi) is 5.15. The van der Waals surface area contributed by atoms with Gasteiger partial charge in [0, 0.05) is 37.4 Å². The molecule has 0 atom stereocenters. The van der Waals surface area contributed by atoms with Gasteiger partial charge in [-0.1, -0.05) is 18.2 Å². The molecular formula is C20H17N5O4S. The summed E-state index contributed by atoms with van der Waals surface area (Å²) in [6.07, 6.45) is 6.39. The number of carbonyl (C=O) groups excluding carboxylic acids is 1. The van der Waals surface area contributed by atoms with E-state index in [1.54, 1.807) is 47.3 Å². The molecule has 0 unspecified atom stereocenters. The van der Waals surface area contributed by atoms with Crippen LogP contribution in [-0.4, -0.2) is 40.8 Å². The average Bonchev–Trinajstić information content (AvgIpc) is 3.25. The molecule has 0 spiro atoms. The van der Waals surface area contributed by atoms with Crippen molar-refractivity contribution in [3.8, 4) is 5.88 Å². The summed E-state index contributed by atoms with van der Waals surface area (Å²) >= 11 is 0. The number of nitrogens with one attached hydrogen (secondary N) is 1. The molecule has 0 saturated carbocycles. The lowest BCUT2D eigenvalue weighted by Crippen LogP contribution is -2.23. The largest absolute Gasteiger partial charge is 0.481 e. The van der Waals surface area contributed by atoms with Gasteiger partial charge in [0.2, 0.25) is 21.5 Å². The van der Waals surface area contributed by atoms with Gasteiger partial charge < -0.3 is 10.1 Å². The van der Waals surface area contributed by atoms with Crippen LogP contribution in [-0.2, 0) is 16.4 Å². The molecule has 0 aliphatic carbocycles. The van der Waals surface area contributed by atoms with Crippen LogP contribution in [0.4, 0.5) is 0 Å². The Labute approximate surface area is 172 Å². The topological polar surface area (TPSA) is 116 Å². The van der Waals surface area contributed by atoms with E-state index in [1.165, 1.54) is 31.5 Å². The van der Waals surface area contributed by atoms with Crippen molar-refractivity contribution >= 4 is 21.5 Å². The zero-order valence-electron chi connectivity index (χ0n) is 15.9. The second-order valence-corrected chi connectivity index (χ2v) is 8.22. The molecule has 1 amide bonds. The molecule has 4 rings (SSSR count). The molecule has 0 fully saturated rings. The zero-order valence-corrected chi connectivity index (χ0v) is 16.7. The van der Waals surface area contributed by atoms with Crippen LogP contribution in [0.25, 0.3) is 5.78 Å². The number of imidazole rings is 1. The lowest BCUT2D eigenvalue weighted by atomic mass is 10.2. The standard InChI is InChI=1S/C20H17N5O4S/c1-29-17-3-2-4-18(24-17)30(27,28)16-7-5-14(6-8-16)11-22-19(26)15-12-23-20-21-9-10-25(20)13-15/h2-10,12-13H,11H2,1H3,(H,22,26). The molecule has 0 aliphatic rings. The number of rotatable bonds is 6. The summed E-state index contributed by atoms with van der Waals surface area (Å²) in [4.78, 5) is 24.6. The van der Waals surface area contributed by atoms with Gasteiger partial charge in [-0.2, -0.15) is 0 Å². The summed E-state index contributed by atoms with van der Waals surface area (Å²) in [5, 5.41) is 2.69. The normalized spacial score (nSPS) is 11.4. The summed E-state index contributed by atoms with van der Waals surface area (Å²) in [6, 6.07) is 10.8. The van der Waals surface area contributed by atoms with Crippen molar-refractivity contribution in [1.29, 1.82) is 0 Å². The highest BCUT2D eigenvalue weighted by Crippen LogP contribution is 2.21. The van der Waals surface area contributed by atoms with Gasteiger partial charge in [0.15, 0.2) is 5.03 Å². The van der Waals surface area contributed by atoms with E-state index in [0.29, 0.717) is 11.3 Å². The molecule has 152 valence electrons. The first kappa shape index (κ1) is 19.5. The molecule has 10 heteroatoms. The van der Waals surface area contributed by atoms with Crippen molar-refractivity contribution in [1.82, 2.24) is 24.7 Å². The molecule has 30 heavy (non-hydrogen) atoms. The predicted octanol–water partition coefficient (Wildman–Crippen LogP) is 1.90. The van der Waals surface area contributed by atoms with Gasteiger partial charge in [-0.25, -0.2) is 23.4 Å². The van der Waals surface area contributed by atoms with Crippen LogP contribution in [0.5, 0.6) is 5.88 Å². The van der Waals surface area contributed by atoms with E-state index in [4.69, 9.17) is 4.74 Å². The highest BCUT2D eigenvalue weighted by atomic mass is 32.2. The smallest absolute Gasteiger partial charge is 0.254 e. The van der Waals surface area contributed by atoms with Crippen LogP contribution in [0.3, 0.4) is 0 Å². The number of ether oxygens (including phenoxy) is 1. The van der Waals surface area contributed by atoms with Gasteiger partial charge in [0.25, 0.3) is 5.91 Å². The number of hydrogen-bond donors (Lipinski definition) is 1. The van der Waals surface area contributed by atoms with Gasteiger partial charge in [-0.3, -0.25) is 9.20 Å². The molecule has 0 saturated heterocycles. The van der Waals surface area contributed by atoms with E-state index >= 15 is 0 Å². The van der Waals surface area contributed by atoms with Crippen LogP contribution in [0.15, 0.2) is 77.2 Å². The second-order valence-electron chi connectivity index (χ2n) is 6.33. The van der Waals surface area contributed by atoms with Gasteiger partial charge in [-0.15, -0.1) is 0 Å². The van der Waals surface area contributed by atoms with Gasteiger partial charge >= 0.3 is 0 Å². The van der Waals surface area contributed by atoms with Gasteiger partial charge in [0.1, 0.15) is 0 Å². The second kappa shape index (κ2) is 7.91. The molecule has 1 N–H and O–H groups in total. The number of fused-ring (bicyclic) bond motifs is 1. The minimum atomic E-state index is -3.77. The summed E-state index contributed by atoms with van der Waals surface area (Å²) in [5.41, 5.74) is 1.14. The Morgan fingerprint density at radius 2 is 1.93 bits per heavy atom. The van der Waals surface area contributed by atoms with Crippen LogP contribution in [0, 0.1) is 0 Å². The number of methoxy groups -OCH3 is 1. The van der Waals surface area contributed by atoms with Gasteiger partial charge in [0.05, 0.1) is 17.6 Å². The Hall–Kier alpha value is -3.79. The van der Waals surface area contributed by atoms with Crippen LogP contribution >= 0.6 is 0 Å². The van der Waals surface area contributed by atoms with Crippen LogP contribution < -0.4 is 10.1 Å². The number of hydrogen-bond acceptors (Lipinski definition) is 7. The molecule has 0 bridgehead atoms. The third-order valence-corrected chi connectivity index (χ3v) is 6.05. The van der Waals surface area contributed by atoms with Crippen molar-refractivity contribution in [2.24, 2.45) is 0 Å². The molecular weight excluding hydrogens is 406 g/mol. The van der Waals surface area contributed by atoms with E-state index in [1.807, 2.05) is 0 Å². The quantitative estimate of drug-likeness (QED) is 0.503. The van der Waals surface area contributed by atoms with Crippen molar-refractivity contribution in [2.75, 3.05) is 7.11 Å².